The van der Waals surface area contributed by atoms with Gasteiger partial charge in [0.1, 0.15) is 5.01 Å². The normalized spacial score (nSPS) is 16.3. The molecule has 1 saturated heterocycles. The van der Waals surface area contributed by atoms with Crippen LogP contribution in [0.25, 0.3) is 0 Å². The number of aromatic nitrogens is 1. The third-order valence-corrected chi connectivity index (χ3v) is 5.65. The summed E-state index contributed by atoms with van der Waals surface area (Å²) < 4.78 is 0. The first-order chi connectivity index (χ1) is 11.3. The van der Waals surface area contributed by atoms with Crippen molar-refractivity contribution in [1.29, 1.82) is 0 Å². The van der Waals surface area contributed by atoms with Gasteiger partial charge in [-0.05, 0) is 24.3 Å². The lowest BCUT2D eigenvalue weighted by Gasteiger charge is -2.21. The second kappa shape index (κ2) is 8.42. The highest BCUT2D eigenvalue weighted by molar-refractivity contribution is 7.10. The van der Waals surface area contributed by atoms with Gasteiger partial charge >= 0.3 is 6.03 Å². The van der Waals surface area contributed by atoms with Gasteiger partial charge in [0.25, 0.3) is 0 Å². The first kappa shape index (κ1) is 16.4. The second-order valence-corrected chi connectivity index (χ2v) is 7.62. The number of urea groups is 1. The van der Waals surface area contributed by atoms with Crippen molar-refractivity contribution < 1.29 is 4.79 Å². The molecule has 1 fully saturated rings. The van der Waals surface area contributed by atoms with E-state index < -0.39 is 0 Å². The summed E-state index contributed by atoms with van der Waals surface area (Å²) in [5.41, 5.74) is 0. The molecule has 7 heteroatoms. The number of nitrogens with one attached hydrogen (secondary N) is 1. The van der Waals surface area contributed by atoms with Crippen LogP contribution in [0.2, 0.25) is 0 Å². The van der Waals surface area contributed by atoms with Crippen LogP contribution in [0.4, 0.5) is 4.79 Å². The molecular weight excluding hydrogens is 328 g/mol. The molecule has 1 N–H and O–H groups in total. The van der Waals surface area contributed by atoms with Crippen molar-refractivity contribution in [2.45, 2.75) is 19.4 Å². The molecule has 0 aliphatic carbocycles. The summed E-state index contributed by atoms with van der Waals surface area (Å²) in [5.74, 6) is 0. The van der Waals surface area contributed by atoms with E-state index in [1.165, 1.54) is 4.88 Å². The largest absolute Gasteiger partial charge is 0.338 e. The summed E-state index contributed by atoms with van der Waals surface area (Å²) >= 11 is 3.43. The predicted octanol–water partition coefficient (Wildman–Crippen LogP) is 2.66. The minimum atomic E-state index is 0.0673. The molecule has 0 unspecified atom stereocenters. The Kier molecular flexibility index (Phi) is 6.01. The summed E-state index contributed by atoms with van der Waals surface area (Å²) in [5, 5.41) is 8.28. The van der Waals surface area contributed by atoms with E-state index in [0.717, 1.165) is 50.6 Å². The third kappa shape index (κ3) is 5.02. The van der Waals surface area contributed by atoms with Crippen LogP contribution in [0.3, 0.4) is 0 Å². The Bertz CT molecular complexity index is 585. The van der Waals surface area contributed by atoms with Crippen LogP contribution in [0.1, 0.15) is 16.3 Å². The third-order valence-electron chi connectivity index (χ3n) is 3.95. The standard InChI is InChI=1S/C16H22N4OS2/c21-16(18-5-4-14-3-1-11-22-14)20-8-2-7-19(9-10-20)13-15-17-6-12-23-15/h1,3,6,11-12H,2,4-5,7-10,13H2,(H,18,21). The Balaban J connectivity index is 1.41. The van der Waals surface area contributed by atoms with Gasteiger partial charge in [0.15, 0.2) is 0 Å². The minimum Gasteiger partial charge on any atom is -0.338 e. The number of hydrogen-bond donors (Lipinski definition) is 1. The van der Waals surface area contributed by atoms with Crippen LogP contribution in [0.15, 0.2) is 29.1 Å². The molecule has 0 bridgehead atoms. The first-order valence-electron chi connectivity index (χ1n) is 7.97. The lowest BCUT2D eigenvalue weighted by Crippen LogP contribution is -2.42. The quantitative estimate of drug-likeness (QED) is 0.902. The smallest absolute Gasteiger partial charge is 0.317 e. The van der Waals surface area contributed by atoms with Gasteiger partial charge in [-0.25, -0.2) is 9.78 Å². The highest BCUT2D eigenvalue weighted by atomic mass is 32.1. The molecule has 3 heterocycles. The van der Waals surface area contributed by atoms with E-state index in [2.05, 4.69) is 26.6 Å². The Morgan fingerprint density at radius 3 is 2.96 bits per heavy atom. The molecule has 0 radical (unpaired) electrons. The van der Waals surface area contributed by atoms with E-state index >= 15 is 0 Å². The van der Waals surface area contributed by atoms with Gasteiger partial charge in [-0.3, -0.25) is 4.90 Å². The maximum Gasteiger partial charge on any atom is 0.317 e. The Morgan fingerprint density at radius 1 is 1.22 bits per heavy atom. The molecule has 5 nitrogen and oxygen atoms in total. The highest BCUT2D eigenvalue weighted by Gasteiger charge is 2.19. The summed E-state index contributed by atoms with van der Waals surface area (Å²) in [4.78, 5) is 22.3. The summed E-state index contributed by atoms with van der Waals surface area (Å²) in [6.45, 7) is 5.16. The molecular formula is C16H22N4OS2. The molecule has 2 aromatic heterocycles. The van der Waals surface area contributed by atoms with Crippen molar-refractivity contribution >= 4 is 28.7 Å². The van der Waals surface area contributed by atoms with E-state index in [4.69, 9.17) is 0 Å². The molecule has 3 rings (SSSR count). The summed E-state index contributed by atoms with van der Waals surface area (Å²) in [6, 6.07) is 4.23. The van der Waals surface area contributed by atoms with Crippen molar-refractivity contribution in [2.75, 3.05) is 32.7 Å². The van der Waals surface area contributed by atoms with E-state index in [-0.39, 0.29) is 6.03 Å². The van der Waals surface area contributed by atoms with Crippen LogP contribution in [0, 0.1) is 0 Å². The topological polar surface area (TPSA) is 48.5 Å². The second-order valence-electron chi connectivity index (χ2n) is 5.60. The summed E-state index contributed by atoms with van der Waals surface area (Å²) in [7, 11) is 0. The molecule has 0 spiro atoms. The first-order valence-corrected chi connectivity index (χ1v) is 9.73. The number of carbonyl (C=O) groups is 1. The maximum absolute atomic E-state index is 12.3. The highest BCUT2D eigenvalue weighted by Crippen LogP contribution is 2.11. The lowest BCUT2D eigenvalue weighted by molar-refractivity contribution is 0.198. The molecule has 2 amide bonds. The fraction of sp³-hybridized carbons (Fsp3) is 0.500. The fourth-order valence-corrected chi connectivity index (χ4v) is 4.08. The van der Waals surface area contributed by atoms with Crippen molar-refractivity contribution in [3.05, 3.63) is 39.0 Å². The van der Waals surface area contributed by atoms with Crippen molar-refractivity contribution in [3.63, 3.8) is 0 Å². The van der Waals surface area contributed by atoms with E-state index in [1.54, 1.807) is 22.7 Å². The van der Waals surface area contributed by atoms with Crippen LogP contribution in [0.5, 0.6) is 0 Å². The Morgan fingerprint density at radius 2 is 2.17 bits per heavy atom. The van der Waals surface area contributed by atoms with E-state index in [9.17, 15) is 4.79 Å². The van der Waals surface area contributed by atoms with Gasteiger partial charge < -0.3 is 10.2 Å². The van der Waals surface area contributed by atoms with Crippen LogP contribution in [-0.2, 0) is 13.0 Å². The number of thiazole rings is 1. The number of thiophene rings is 1. The van der Waals surface area contributed by atoms with Gasteiger partial charge in [0.2, 0.25) is 0 Å². The molecule has 124 valence electrons. The van der Waals surface area contributed by atoms with Gasteiger partial charge in [-0.2, -0.15) is 0 Å². The number of amides is 2. The molecule has 23 heavy (non-hydrogen) atoms. The molecule has 0 atom stereocenters. The minimum absolute atomic E-state index is 0.0673. The monoisotopic (exact) mass is 350 g/mol. The zero-order valence-corrected chi connectivity index (χ0v) is 14.7. The van der Waals surface area contributed by atoms with Gasteiger partial charge in [-0.1, -0.05) is 6.07 Å². The zero-order chi connectivity index (χ0) is 15.9. The maximum atomic E-state index is 12.3. The van der Waals surface area contributed by atoms with Gasteiger partial charge in [0.05, 0.1) is 6.54 Å². The number of hydrogen-bond acceptors (Lipinski definition) is 5. The summed E-state index contributed by atoms with van der Waals surface area (Å²) in [6.07, 6.45) is 3.78. The van der Waals surface area contributed by atoms with Crippen LogP contribution < -0.4 is 5.32 Å². The SMILES string of the molecule is O=C(NCCc1cccs1)N1CCCN(Cc2nccs2)CC1. The number of rotatable bonds is 5. The molecule has 1 aliphatic rings. The number of nitrogens with zero attached hydrogens (tertiary/aromatic N) is 3. The van der Waals surface area contributed by atoms with Crippen molar-refractivity contribution in [3.8, 4) is 0 Å². The van der Waals surface area contributed by atoms with Crippen LogP contribution in [-0.4, -0.2) is 53.5 Å². The van der Waals surface area contributed by atoms with Crippen molar-refractivity contribution in [2.24, 2.45) is 0 Å². The zero-order valence-electron chi connectivity index (χ0n) is 13.1. The van der Waals surface area contributed by atoms with Crippen LogP contribution >= 0.6 is 22.7 Å². The van der Waals surface area contributed by atoms with E-state index in [0.29, 0.717) is 6.54 Å². The number of carbonyl (C=O) groups excluding carboxylic acids is 1. The van der Waals surface area contributed by atoms with Crippen molar-refractivity contribution in [1.82, 2.24) is 20.1 Å². The Labute approximate surface area is 144 Å². The average molecular weight is 351 g/mol. The molecule has 2 aromatic rings. The average Bonchev–Trinajstić information content (AvgIpc) is 3.19. The van der Waals surface area contributed by atoms with Gasteiger partial charge in [-0.15, -0.1) is 22.7 Å². The molecule has 0 saturated carbocycles. The Hall–Kier alpha value is -1.44. The molecule has 0 aromatic carbocycles. The fourth-order valence-electron chi connectivity index (χ4n) is 2.71. The van der Waals surface area contributed by atoms with E-state index in [1.807, 2.05) is 22.5 Å². The molecule has 1 aliphatic heterocycles. The predicted molar refractivity (Wildman–Crippen MR) is 95.0 cm³/mol. The van der Waals surface area contributed by atoms with Gasteiger partial charge in [0, 0.05) is 49.2 Å². The lowest BCUT2D eigenvalue weighted by atomic mass is 10.3.